The maximum atomic E-state index is 3.25. The average molecular weight is 310 g/mol. The van der Waals surface area contributed by atoms with Gasteiger partial charge < -0.3 is 35.1 Å². The van der Waals surface area contributed by atoms with E-state index in [1.54, 1.807) is 27.7 Å². The summed E-state index contributed by atoms with van der Waals surface area (Å²) < 4.78 is 0. The summed E-state index contributed by atoms with van der Waals surface area (Å²) in [6.07, 6.45) is 0. The van der Waals surface area contributed by atoms with Gasteiger partial charge in [-0.1, -0.05) is 0 Å². The van der Waals surface area contributed by atoms with Gasteiger partial charge in [0, 0.05) is 25.8 Å². The van der Waals surface area contributed by atoms with E-state index in [0.717, 1.165) is 0 Å². The normalized spacial score (nSPS) is 2.40. The molecule has 10 heavy (non-hydrogen) atoms. The fraction of sp³-hybridized carbons (Fsp3) is 0.444. The Morgan fingerprint density at radius 1 is 0.500 bits per heavy atom. The first-order valence-electron chi connectivity index (χ1n) is 2.83. The number of hydrogen-bond acceptors (Lipinski definition) is 0. The van der Waals surface area contributed by atoms with E-state index in [1.165, 1.54) is 0 Å². The molecular formula is C9H23Hf-5. The van der Waals surface area contributed by atoms with E-state index in [2.05, 4.69) is 27.7 Å². The molecule has 0 unspecified atom stereocenters. The van der Waals surface area contributed by atoms with Crippen molar-refractivity contribution in [2.45, 2.75) is 27.7 Å². The fourth-order valence-electron chi connectivity index (χ4n) is 0. The second-order valence-corrected chi connectivity index (χ2v) is 0. The molecule has 0 aromatic rings. The van der Waals surface area contributed by atoms with E-state index >= 15 is 0 Å². The van der Waals surface area contributed by atoms with Gasteiger partial charge in [-0.25, -0.2) is 0 Å². The van der Waals surface area contributed by atoms with E-state index in [4.69, 9.17) is 0 Å². The van der Waals surface area contributed by atoms with E-state index in [0.29, 0.717) is 0 Å². The molecule has 0 fully saturated rings. The van der Waals surface area contributed by atoms with E-state index in [-0.39, 0.29) is 33.3 Å². The summed E-state index contributed by atoms with van der Waals surface area (Å²) in [5.41, 5.74) is 0. The van der Waals surface area contributed by atoms with Gasteiger partial charge in [0.2, 0.25) is 0 Å². The molecule has 1 heteroatoms. The Balaban J connectivity index is -0.00000000500. The van der Waals surface area contributed by atoms with Gasteiger partial charge in [0.15, 0.2) is 0 Å². The van der Waals surface area contributed by atoms with Crippen LogP contribution in [0.15, 0.2) is 0 Å². The van der Waals surface area contributed by atoms with Gasteiger partial charge in [-0.2, -0.15) is 27.7 Å². The van der Waals surface area contributed by atoms with Crippen LogP contribution in [-0.2, 0) is 25.8 Å². The van der Waals surface area contributed by atoms with Crippen molar-refractivity contribution in [3.63, 3.8) is 0 Å². The predicted octanol–water partition coefficient (Wildman–Crippen LogP) is 3.81. The molecule has 0 spiro atoms. The van der Waals surface area contributed by atoms with Gasteiger partial charge in [0.25, 0.3) is 0 Å². The van der Waals surface area contributed by atoms with Crippen LogP contribution in [0.5, 0.6) is 0 Å². The van der Waals surface area contributed by atoms with Crippen LogP contribution in [0.2, 0.25) is 0 Å². The van der Waals surface area contributed by atoms with Crippen molar-refractivity contribution < 1.29 is 25.8 Å². The SMILES string of the molecule is [CH2-]C.[CH2-]C.[CH2-]C.[CH2-]C.[CH3-].[Hf]. The summed E-state index contributed by atoms with van der Waals surface area (Å²) in [5.74, 6) is 0. The van der Waals surface area contributed by atoms with Gasteiger partial charge in [-0.15, -0.1) is 0 Å². The Morgan fingerprint density at radius 2 is 0.500 bits per heavy atom. The maximum Gasteiger partial charge on any atom is 0 e. The molecule has 0 atom stereocenters. The smallest absolute Gasteiger partial charge is 0 e. The predicted molar refractivity (Wildman–Crippen MR) is 50.5 cm³/mol. The zero-order valence-electron chi connectivity index (χ0n) is 8.33. The standard InChI is InChI=1S/4C2H5.CH3.Hf/c4*1-2;;/h4*1H2,2H3;1H3;/q5*-1;. The van der Waals surface area contributed by atoms with Gasteiger partial charge in [-0.05, 0) is 0 Å². The van der Waals surface area contributed by atoms with Crippen LogP contribution in [0.4, 0.5) is 0 Å². The number of hydrogen-bond donors (Lipinski definition) is 0. The van der Waals surface area contributed by atoms with Gasteiger partial charge in [0.05, 0.1) is 0 Å². The van der Waals surface area contributed by atoms with Crippen molar-refractivity contribution in [3.8, 4) is 0 Å². The van der Waals surface area contributed by atoms with Crippen LogP contribution in [0.25, 0.3) is 0 Å². The molecular weight excluding hydrogens is 287 g/mol. The number of rotatable bonds is 0. The fourth-order valence-corrected chi connectivity index (χ4v) is 0. The Labute approximate surface area is 88.6 Å². The van der Waals surface area contributed by atoms with Crippen molar-refractivity contribution in [3.05, 3.63) is 35.1 Å². The Hall–Kier alpha value is 0.870. The Kier molecular flexibility index (Phi) is 4580. The van der Waals surface area contributed by atoms with Crippen LogP contribution in [0.3, 0.4) is 0 Å². The zero-order valence-corrected chi connectivity index (χ0v) is 11.9. The van der Waals surface area contributed by atoms with Crippen LogP contribution >= 0.6 is 0 Å². The van der Waals surface area contributed by atoms with Crippen LogP contribution < -0.4 is 0 Å². The molecule has 0 aromatic carbocycles. The minimum Gasteiger partial charge on any atom is -0.358 e. The first-order valence-corrected chi connectivity index (χ1v) is 2.83. The molecule has 0 aliphatic heterocycles. The minimum absolute atomic E-state index is 0. The molecule has 0 aliphatic rings. The summed E-state index contributed by atoms with van der Waals surface area (Å²) in [6.45, 7) is 20.0. The van der Waals surface area contributed by atoms with Crippen molar-refractivity contribution >= 4 is 0 Å². The molecule has 0 saturated carbocycles. The van der Waals surface area contributed by atoms with Crippen molar-refractivity contribution in [1.82, 2.24) is 0 Å². The molecule has 68 valence electrons. The van der Waals surface area contributed by atoms with Gasteiger partial charge in [0.1, 0.15) is 0 Å². The third kappa shape index (κ3) is 726. The van der Waals surface area contributed by atoms with Crippen LogP contribution in [0, 0.1) is 35.1 Å². The van der Waals surface area contributed by atoms with Crippen LogP contribution in [-0.4, -0.2) is 0 Å². The topological polar surface area (TPSA) is 0 Å². The van der Waals surface area contributed by atoms with Gasteiger partial charge >= 0.3 is 0 Å². The zero-order chi connectivity index (χ0) is 8.00. The molecule has 0 amide bonds. The molecule has 0 radical (unpaired) electrons. The van der Waals surface area contributed by atoms with Crippen LogP contribution in [0.1, 0.15) is 27.7 Å². The Bertz CT molecular complexity index is 4.69. The van der Waals surface area contributed by atoms with Crippen molar-refractivity contribution in [2.24, 2.45) is 0 Å². The summed E-state index contributed by atoms with van der Waals surface area (Å²) in [4.78, 5) is 0. The first kappa shape index (κ1) is 44.6. The van der Waals surface area contributed by atoms with E-state index in [1.807, 2.05) is 0 Å². The van der Waals surface area contributed by atoms with Gasteiger partial charge in [-0.3, -0.25) is 0 Å². The molecule has 0 heterocycles. The molecule has 0 rings (SSSR count). The third-order valence-corrected chi connectivity index (χ3v) is 0. The summed E-state index contributed by atoms with van der Waals surface area (Å²) in [5, 5.41) is 0. The molecule has 0 bridgehead atoms. The quantitative estimate of drug-likeness (QED) is 0.471. The minimum atomic E-state index is 0. The molecule has 0 aliphatic carbocycles. The third-order valence-electron chi connectivity index (χ3n) is 0. The molecule has 0 nitrogen and oxygen atoms in total. The monoisotopic (exact) mass is 311 g/mol. The summed E-state index contributed by atoms with van der Waals surface area (Å²) in [7, 11) is 0. The van der Waals surface area contributed by atoms with Crippen molar-refractivity contribution in [2.75, 3.05) is 0 Å². The summed E-state index contributed by atoms with van der Waals surface area (Å²) >= 11 is 0. The summed E-state index contributed by atoms with van der Waals surface area (Å²) in [6, 6.07) is 0. The second kappa shape index (κ2) is 1030. The second-order valence-electron chi connectivity index (χ2n) is 0. The molecule has 0 saturated heterocycles. The van der Waals surface area contributed by atoms with E-state index in [9.17, 15) is 0 Å². The largest absolute Gasteiger partial charge is 0.358 e. The maximum absolute atomic E-state index is 3.25. The first-order chi connectivity index (χ1) is 4.00. The average Bonchev–Trinajstić information content (AvgIpc) is 2.03. The van der Waals surface area contributed by atoms with E-state index < -0.39 is 0 Å². The molecule has 0 aromatic heterocycles. The molecule has 0 N–H and O–H groups in total. The van der Waals surface area contributed by atoms with Crippen molar-refractivity contribution in [1.29, 1.82) is 0 Å². The Morgan fingerprint density at radius 3 is 0.500 bits per heavy atom.